The SMILES string of the molecule is Cc1ccccc1C1NC(C)C(=O)N1CC1CCC1. The molecular formula is C16H22N2O. The van der Waals surface area contributed by atoms with Crippen LogP contribution in [0.4, 0.5) is 0 Å². The van der Waals surface area contributed by atoms with E-state index >= 15 is 0 Å². The van der Waals surface area contributed by atoms with E-state index in [9.17, 15) is 4.79 Å². The highest BCUT2D eigenvalue weighted by Crippen LogP contribution is 2.33. The molecule has 3 heteroatoms. The second-order valence-electron chi connectivity index (χ2n) is 5.94. The van der Waals surface area contributed by atoms with Gasteiger partial charge in [-0.15, -0.1) is 0 Å². The van der Waals surface area contributed by atoms with Crippen LogP contribution in [-0.4, -0.2) is 23.4 Å². The zero-order valence-electron chi connectivity index (χ0n) is 11.7. The zero-order chi connectivity index (χ0) is 13.4. The summed E-state index contributed by atoms with van der Waals surface area (Å²) in [5.74, 6) is 0.961. The summed E-state index contributed by atoms with van der Waals surface area (Å²) >= 11 is 0. The number of nitrogens with one attached hydrogen (secondary N) is 1. The number of nitrogens with zero attached hydrogens (tertiary/aromatic N) is 1. The van der Waals surface area contributed by atoms with E-state index in [1.807, 2.05) is 6.92 Å². The first kappa shape index (κ1) is 12.7. The third kappa shape index (κ3) is 2.27. The molecule has 2 atom stereocenters. The Morgan fingerprint density at radius 2 is 2.05 bits per heavy atom. The fraction of sp³-hybridized carbons (Fsp3) is 0.562. The Bertz CT molecular complexity index is 481. The number of benzene rings is 1. The summed E-state index contributed by atoms with van der Waals surface area (Å²) in [6.45, 7) is 5.00. The highest BCUT2D eigenvalue weighted by molar-refractivity contribution is 5.84. The molecule has 0 bridgehead atoms. The van der Waals surface area contributed by atoms with Crippen molar-refractivity contribution < 1.29 is 4.79 Å². The lowest BCUT2D eigenvalue weighted by atomic mass is 9.85. The van der Waals surface area contributed by atoms with Gasteiger partial charge in [0.2, 0.25) is 5.91 Å². The Kier molecular flexibility index (Phi) is 3.31. The van der Waals surface area contributed by atoms with Crippen molar-refractivity contribution >= 4 is 5.91 Å². The molecule has 1 saturated heterocycles. The van der Waals surface area contributed by atoms with E-state index in [4.69, 9.17) is 0 Å². The van der Waals surface area contributed by atoms with E-state index in [-0.39, 0.29) is 18.1 Å². The van der Waals surface area contributed by atoms with Crippen molar-refractivity contribution in [2.45, 2.75) is 45.3 Å². The first-order valence-electron chi connectivity index (χ1n) is 7.29. The number of rotatable bonds is 3. The van der Waals surface area contributed by atoms with Gasteiger partial charge in [-0.25, -0.2) is 0 Å². The van der Waals surface area contributed by atoms with Crippen LogP contribution in [-0.2, 0) is 4.79 Å². The van der Waals surface area contributed by atoms with Crippen LogP contribution in [0.5, 0.6) is 0 Å². The van der Waals surface area contributed by atoms with Crippen molar-refractivity contribution in [1.82, 2.24) is 10.2 Å². The van der Waals surface area contributed by atoms with Gasteiger partial charge in [0.25, 0.3) is 0 Å². The van der Waals surface area contributed by atoms with Gasteiger partial charge in [-0.05, 0) is 43.7 Å². The molecule has 3 nitrogen and oxygen atoms in total. The predicted molar refractivity (Wildman–Crippen MR) is 75.6 cm³/mol. The van der Waals surface area contributed by atoms with E-state index in [1.54, 1.807) is 0 Å². The van der Waals surface area contributed by atoms with E-state index in [2.05, 4.69) is 41.4 Å². The summed E-state index contributed by atoms with van der Waals surface area (Å²) in [7, 11) is 0. The first-order chi connectivity index (χ1) is 9.16. The van der Waals surface area contributed by atoms with Crippen LogP contribution in [0.3, 0.4) is 0 Å². The molecule has 2 fully saturated rings. The minimum absolute atomic E-state index is 0.0595. The number of carbonyl (C=O) groups excluding carboxylic acids is 1. The Morgan fingerprint density at radius 1 is 1.32 bits per heavy atom. The van der Waals surface area contributed by atoms with Gasteiger partial charge in [0, 0.05) is 6.54 Å². The second kappa shape index (κ2) is 4.97. The third-order valence-electron chi connectivity index (χ3n) is 4.54. The maximum atomic E-state index is 12.3. The van der Waals surface area contributed by atoms with Crippen LogP contribution >= 0.6 is 0 Å². The van der Waals surface area contributed by atoms with Crippen molar-refractivity contribution in [3.8, 4) is 0 Å². The summed E-state index contributed by atoms with van der Waals surface area (Å²) < 4.78 is 0. The van der Waals surface area contributed by atoms with E-state index in [0.717, 1.165) is 6.54 Å². The topological polar surface area (TPSA) is 32.3 Å². The Balaban J connectivity index is 1.85. The molecule has 1 aromatic rings. The average molecular weight is 258 g/mol. The van der Waals surface area contributed by atoms with Gasteiger partial charge in [-0.1, -0.05) is 30.7 Å². The molecule has 1 aliphatic carbocycles. The highest BCUT2D eigenvalue weighted by atomic mass is 16.2. The fourth-order valence-electron chi connectivity index (χ4n) is 3.07. The highest BCUT2D eigenvalue weighted by Gasteiger charge is 2.39. The molecule has 1 N–H and O–H groups in total. The standard InChI is InChI=1S/C16H22N2O/c1-11-6-3-4-9-14(11)15-17-12(2)16(19)18(15)10-13-7-5-8-13/h3-4,6,9,12-13,15,17H,5,7-8,10H2,1-2H3. The van der Waals surface area contributed by atoms with Crippen LogP contribution in [0.25, 0.3) is 0 Å². The van der Waals surface area contributed by atoms with Gasteiger partial charge >= 0.3 is 0 Å². The molecule has 1 saturated carbocycles. The molecule has 1 heterocycles. The monoisotopic (exact) mass is 258 g/mol. The van der Waals surface area contributed by atoms with Crippen molar-refractivity contribution in [1.29, 1.82) is 0 Å². The normalized spacial score (nSPS) is 27.7. The lowest BCUT2D eigenvalue weighted by Crippen LogP contribution is -2.37. The molecule has 0 aromatic heterocycles. The number of hydrogen-bond donors (Lipinski definition) is 1. The lowest BCUT2D eigenvalue weighted by Gasteiger charge is -2.33. The maximum Gasteiger partial charge on any atom is 0.241 e. The first-order valence-corrected chi connectivity index (χ1v) is 7.29. The van der Waals surface area contributed by atoms with Gasteiger partial charge in [-0.3, -0.25) is 10.1 Å². The molecule has 2 unspecified atom stereocenters. The molecule has 1 amide bonds. The summed E-state index contributed by atoms with van der Waals surface area (Å²) in [6, 6.07) is 8.29. The Labute approximate surface area is 115 Å². The van der Waals surface area contributed by atoms with Gasteiger partial charge in [-0.2, -0.15) is 0 Å². The molecular weight excluding hydrogens is 236 g/mol. The van der Waals surface area contributed by atoms with Crippen LogP contribution in [0.1, 0.15) is 43.5 Å². The van der Waals surface area contributed by atoms with Crippen molar-refractivity contribution in [2.75, 3.05) is 6.54 Å². The molecule has 2 aliphatic rings. The van der Waals surface area contributed by atoms with Gasteiger partial charge < -0.3 is 4.90 Å². The largest absolute Gasteiger partial charge is 0.321 e. The number of aryl methyl sites for hydroxylation is 1. The van der Waals surface area contributed by atoms with Crippen molar-refractivity contribution in [2.24, 2.45) is 5.92 Å². The maximum absolute atomic E-state index is 12.3. The molecule has 0 radical (unpaired) electrons. The summed E-state index contributed by atoms with van der Waals surface area (Å²) in [5, 5.41) is 3.44. The number of amides is 1. The van der Waals surface area contributed by atoms with Gasteiger partial charge in [0.1, 0.15) is 6.17 Å². The Hall–Kier alpha value is -1.35. The molecule has 102 valence electrons. The zero-order valence-corrected chi connectivity index (χ0v) is 11.7. The van der Waals surface area contributed by atoms with Crippen LogP contribution in [0, 0.1) is 12.8 Å². The van der Waals surface area contributed by atoms with E-state index < -0.39 is 0 Å². The lowest BCUT2D eigenvalue weighted by molar-refractivity contribution is -0.130. The summed E-state index contributed by atoms with van der Waals surface area (Å²) in [6.07, 6.45) is 3.94. The Morgan fingerprint density at radius 3 is 2.68 bits per heavy atom. The van der Waals surface area contributed by atoms with Crippen LogP contribution in [0.2, 0.25) is 0 Å². The average Bonchev–Trinajstić information content (AvgIpc) is 2.62. The minimum Gasteiger partial charge on any atom is -0.321 e. The minimum atomic E-state index is -0.0651. The summed E-state index contributed by atoms with van der Waals surface area (Å²) in [5.41, 5.74) is 2.49. The molecule has 1 aliphatic heterocycles. The van der Waals surface area contributed by atoms with Crippen LogP contribution < -0.4 is 5.32 Å². The smallest absolute Gasteiger partial charge is 0.241 e. The van der Waals surface area contributed by atoms with Crippen molar-refractivity contribution in [3.63, 3.8) is 0 Å². The fourth-order valence-corrected chi connectivity index (χ4v) is 3.07. The molecule has 1 aromatic carbocycles. The van der Waals surface area contributed by atoms with E-state index in [0.29, 0.717) is 5.92 Å². The van der Waals surface area contributed by atoms with Crippen LogP contribution in [0.15, 0.2) is 24.3 Å². The second-order valence-corrected chi connectivity index (χ2v) is 5.94. The van der Waals surface area contributed by atoms with Gasteiger partial charge in [0.15, 0.2) is 0 Å². The number of carbonyl (C=O) groups is 1. The molecule has 0 spiro atoms. The quantitative estimate of drug-likeness (QED) is 0.904. The third-order valence-corrected chi connectivity index (χ3v) is 4.54. The van der Waals surface area contributed by atoms with E-state index in [1.165, 1.54) is 30.4 Å². The summed E-state index contributed by atoms with van der Waals surface area (Å²) in [4.78, 5) is 14.4. The van der Waals surface area contributed by atoms with Crippen molar-refractivity contribution in [3.05, 3.63) is 35.4 Å². The predicted octanol–water partition coefficient (Wildman–Crippen LogP) is 2.61. The van der Waals surface area contributed by atoms with Gasteiger partial charge in [0.05, 0.1) is 6.04 Å². The molecule has 3 rings (SSSR count). The molecule has 19 heavy (non-hydrogen) atoms. The number of hydrogen-bond acceptors (Lipinski definition) is 2.